The lowest BCUT2D eigenvalue weighted by Gasteiger charge is -2.12. The monoisotopic (exact) mass is 288 g/mol. The van der Waals surface area contributed by atoms with Gasteiger partial charge in [0.25, 0.3) is 0 Å². The van der Waals surface area contributed by atoms with E-state index in [1.807, 2.05) is 0 Å². The first-order chi connectivity index (χ1) is 9.44. The number of hydrogen-bond acceptors (Lipinski definition) is 3. The zero-order chi connectivity index (χ0) is 14.6. The third kappa shape index (κ3) is 4.41. The first-order valence-corrected chi connectivity index (χ1v) is 6.28. The van der Waals surface area contributed by atoms with Gasteiger partial charge in [-0.2, -0.15) is 13.2 Å². The van der Waals surface area contributed by atoms with Gasteiger partial charge in [-0.3, -0.25) is 4.79 Å². The highest BCUT2D eigenvalue weighted by atomic mass is 19.4. The maximum absolute atomic E-state index is 12.0. The number of ether oxygens (including phenoxy) is 1. The number of amides is 1. The molecule has 0 aromatic heterocycles. The fourth-order valence-electron chi connectivity index (χ4n) is 1.94. The molecule has 0 spiro atoms. The van der Waals surface area contributed by atoms with E-state index in [1.54, 1.807) is 0 Å². The van der Waals surface area contributed by atoms with Gasteiger partial charge in [0.05, 0.1) is 6.04 Å². The Balaban J connectivity index is 1.86. The van der Waals surface area contributed by atoms with Crippen molar-refractivity contribution in [2.75, 3.05) is 18.5 Å². The number of carbonyl (C=O) groups is 1. The van der Waals surface area contributed by atoms with Gasteiger partial charge >= 0.3 is 6.18 Å². The van der Waals surface area contributed by atoms with Gasteiger partial charge in [0.1, 0.15) is 5.75 Å². The molecule has 0 aliphatic carbocycles. The minimum atomic E-state index is -4.36. The molecule has 1 saturated heterocycles. The van der Waals surface area contributed by atoms with Crippen molar-refractivity contribution >= 4 is 11.6 Å². The second kappa shape index (κ2) is 6.13. The summed E-state index contributed by atoms with van der Waals surface area (Å²) in [5.41, 5.74) is 0.531. The number of anilines is 1. The summed E-state index contributed by atoms with van der Waals surface area (Å²) < 4.78 is 40.5. The predicted octanol–water partition coefficient (Wildman–Crippen LogP) is 2.32. The van der Waals surface area contributed by atoms with Gasteiger partial charge in [0.15, 0.2) is 6.61 Å². The average Bonchev–Trinajstić information content (AvgIpc) is 2.91. The van der Waals surface area contributed by atoms with Crippen molar-refractivity contribution < 1.29 is 22.7 Å². The summed E-state index contributed by atoms with van der Waals surface area (Å²) in [7, 11) is 0. The van der Waals surface area contributed by atoms with Crippen molar-refractivity contribution in [3.63, 3.8) is 0 Å². The zero-order valence-electron chi connectivity index (χ0n) is 10.7. The Morgan fingerprint density at radius 1 is 1.35 bits per heavy atom. The Hall–Kier alpha value is -1.76. The first-order valence-electron chi connectivity index (χ1n) is 6.28. The fourth-order valence-corrected chi connectivity index (χ4v) is 1.94. The van der Waals surface area contributed by atoms with Crippen LogP contribution in [0.4, 0.5) is 18.9 Å². The highest BCUT2D eigenvalue weighted by molar-refractivity contribution is 5.95. The average molecular weight is 288 g/mol. The van der Waals surface area contributed by atoms with E-state index in [9.17, 15) is 18.0 Å². The molecule has 1 aromatic rings. The van der Waals surface area contributed by atoms with Gasteiger partial charge in [-0.1, -0.05) is 0 Å². The molecular formula is C13H15F3N2O2. The number of alkyl halides is 3. The fraction of sp³-hybridized carbons (Fsp3) is 0.462. The van der Waals surface area contributed by atoms with Gasteiger partial charge in [0.2, 0.25) is 5.91 Å². The summed E-state index contributed by atoms with van der Waals surface area (Å²) >= 11 is 0. The van der Waals surface area contributed by atoms with Crippen LogP contribution in [0.1, 0.15) is 12.8 Å². The largest absolute Gasteiger partial charge is 0.484 e. The van der Waals surface area contributed by atoms with Crippen LogP contribution in [0.5, 0.6) is 5.75 Å². The molecule has 0 radical (unpaired) electrons. The van der Waals surface area contributed by atoms with E-state index in [0.29, 0.717) is 5.69 Å². The van der Waals surface area contributed by atoms with Crippen LogP contribution in [-0.2, 0) is 4.79 Å². The van der Waals surface area contributed by atoms with Crippen LogP contribution < -0.4 is 15.4 Å². The van der Waals surface area contributed by atoms with Crippen LogP contribution >= 0.6 is 0 Å². The number of hydrogen-bond donors (Lipinski definition) is 2. The van der Waals surface area contributed by atoms with Gasteiger partial charge in [0, 0.05) is 5.69 Å². The Labute approximate surface area is 114 Å². The lowest BCUT2D eigenvalue weighted by Crippen LogP contribution is -2.35. The summed E-state index contributed by atoms with van der Waals surface area (Å²) in [6.07, 6.45) is -2.61. The van der Waals surface area contributed by atoms with E-state index in [0.717, 1.165) is 19.4 Å². The summed E-state index contributed by atoms with van der Waals surface area (Å²) in [5.74, 6) is -0.0224. The molecule has 2 rings (SSSR count). The molecule has 0 saturated carbocycles. The van der Waals surface area contributed by atoms with Crippen LogP contribution in [0.25, 0.3) is 0 Å². The van der Waals surface area contributed by atoms with Crippen LogP contribution in [0, 0.1) is 0 Å². The standard InChI is InChI=1S/C13H15F3N2O2/c14-13(15,16)8-20-10-5-3-9(4-6-10)18-12(19)11-2-1-7-17-11/h3-6,11,17H,1-2,7-8H2,(H,18,19). The summed E-state index contributed by atoms with van der Waals surface area (Å²) in [6, 6.07) is 5.61. The highest BCUT2D eigenvalue weighted by Crippen LogP contribution is 2.20. The lowest BCUT2D eigenvalue weighted by atomic mass is 10.2. The summed E-state index contributed by atoms with van der Waals surface area (Å²) in [4.78, 5) is 11.8. The lowest BCUT2D eigenvalue weighted by molar-refractivity contribution is -0.153. The molecule has 4 nitrogen and oxygen atoms in total. The molecule has 0 bridgehead atoms. The minimum absolute atomic E-state index is 0.110. The highest BCUT2D eigenvalue weighted by Gasteiger charge is 2.28. The van der Waals surface area contributed by atoms with E-state index in [2.05, 4.69) is 15.4 Å². The molecule has 1 aliphatic rings. The SMILES string of the molecule is O=C(Nc1ccc(OCC(F)(F)F)cc1)C1CCCN1. The quantitative estimate of drug-likeness (QED) is 0.894. The Morgan fingerprint density at radius 3 is 2.60 bits per heavy atom. The molecule has 1 atom stereocenters. The molecule has 1 fully saturated rings. The van der Waals surface area contributed by atoms with Crippen LogP contribution in [0.2, 0.25) is 0 Å². The molecule has 7 heteroatoms. The van der Waals surface area contributed by atoms with Crippen molar-refractivity contribution in [1.29, 1.82) is 0 Å². The second-order valence-corrected chi connectivity index (χ2v) is 4.57. The van der Waals surface area contributed by atoms with Gasteiger partial charge in [-0.05, 0) is 43.7 Å². The van der Waals surface area contributed by atoms with E-state index >= 15 is 0 Å². The van der Waals surface area contributed by atoms with Gasteiger partial charge in [-0.25, -0.2) is 0 Å². The normalized spacial score (nSPS) is 18.9. The maximum atomic E-state index is 12.0. The second-order valence-electron chi connectivity index (χ2n) is 4.57. The Kier molecular flexibility index (Phi) is 4.49. The van der Waals surface area contributed by atoms with Gasteiger partial charge < -0.3 is 15.4 Å². The van der Waals surface area contributed by atoms with Crippen LogP contribution in [0.15, 0.2) is 24.3 Å². The molecule has 1 heterocycles. The maximum Gasteiger partial charge on any atom is 0.422 e. The smallest absolute Gasteiger partial charge is 0.422 e. The third-order valence-corrected chi connectivity index (χ3v) is 2.90. The molecular weight excluding hydrogens is 273 g/mol. The molecule has 1 amide bonds. The van der Waals surface area contributed by atoms with Crippen molar-refractivity contribution in [1.82, 2.24) is 5.32 Å². The number of halogens is 3. The summed E-state index contributed by atoms with van der Waals surface area (Å²) in [5, 5.41) is 5.77. The van der Waals surface area contributed by atoms with E-state index < -0.39 is 12.8 Å². The van der Waals surface area contributed by atoms with E-state index in [4.69, 9.17) is 0 Å². The molecule has 20 heavy (non-hydrogen) atoms. The molecule has 110 valence electrons. The number of benzene rings is 1. The van der Waals surface area contributed by atoms with Crippen LogP contribution in [-0.4, -0.2) is 31.3 Å². The summed E-state index contributed by atoms with van der Waals surface area (Å²) in [6.45, 7) is -0.507. The molecule has 1 aromatic carbocycles. The Bertz CT molecular complexity index is 454. The van der Waals surface area contributed by atoms with Crippen molar-refractivity contribution in [2.45, 2.75) is 25.1 Å². The Morgan fingerprint density at radius 2 is 2.05 bits per heavy atom. The minimum Gasteiger partial charge on any atom is -0.484 e. The van der Waals surface area contributed by atoms with Crippen molar-refractivity contribution in [2.24, 2.45) is 0 Å². The molecule has 1 unspecified atom stereocenters. The van der Waals surface area contributed by atoms with Crippen LogP contribution in [0.3, 0.4) is 0 Å². The zero-order valence-corrected chi connectivity index (χ0v) is 10.7. The number of carbonyl (C=O) groups excluding carboxylic acids is 1. The number of nitrogens with one attached hydrogen (secondary N) is 2. The molecule has 1 aliphatic heterocycles. The third-order valence-electron chi connectivity index (χ3n) is 2.90. The number of rotatable bonds is 4. The topological polar surface area (TPSA) is 50.4 Å². The van der Waals surface area contributed by atoms with Crippen molar-refractivity contribution in [3.05, 3.63) is 24.3 Å². The first kappa shape index (κ1) is 14.6. The molecule has 2 N–H and O–H groups in total. The van der Waals surface area contributed by atoms with E-state index in [-0.39, 0.29) is 17.7 Å². The van der Waals surface area contributed by atoms with Crippen molar-refractivity contribution in [3.8, 4) is 5.75 Å². The van der Waals surface area contributed by atoms with Gasteiger partial charge in [-0.15, -0.1) is 0 Å². The predicted molar refractivity (Wildman–Crippen MR) is 67.6 cm³/mol. The van der Waals surface area contributed by atoms with E-state index in [1.165, 1.54) is 24.3 Å².